The largest absolute Gasteiger partial charge is 0.306 e. The Morgan fingerprint density at radius 3 is 2.61 bits per heavy atom. The molecule has 0 aliphatic heterocycles. The zero-order valence-electron chi connectivity index (χ0n) is 12.3. The van der Waals surface area contributed by atoms with Gasteiger partial charge in [0.25, 0.3) is 5.91 Å². The molecule has 0 atom stereocenters. The fourth-order valence-corrected chi connectivity index (χ4v) is 2.37. The van der Waals surface area contributed by atoms with Crippen LogP contribution >= 0.6 is 11.6 Å². The Morgan fingerprint density at radius 2 is 1.91 bits per heavy atom. The van der Waals surface area contributed by atoms with E-state index in [-0.39, 0.29) is 11.7 Å². The number of amides is 1. The van der Waals surface area contributed by atoms with Crippen molar-refractivity contribution in [3.8, 4) is 5.69 Å². The first-order chi connectivity index (χ1) is 11.0. The van der Waals surface area contributed by atoms with Gasteiger partial charge in [0.1, 0.15) is 11.6 Å². The highest BCUT2D eigenvalue weighted by atomic mass is 35.5. The second-order valence-corrected chi connectivity index (χ2v) is 5.46. The third-order valence-electron chi connectivity index (χ3n) is 3.23. The van der Waals surface area contributed by atoms with Crippen molar-refractivity contribution in [1.82, 2.24) is 9.78 Å². The van der Waals surface area contributed by atoms with Crippen molar-refractivity contribution in [1.29, 1.82) is 0 Å². The van der Waals surface area contributed by atoms with Crippen LogP contribution in [-0.2, 0) is 0 Å². The number of aromatic nitrogens is 2. The Morgan fingerprint density at radius 1 is 1.17 bits per heavy atom. The van der Waals surface area contributed by atoms with Crippen LogP contribution in [0.3, 0.4) is 0 Å². The van der Waals surface area contributed by atoms with Gasteiger partial charge in [-0.1, -0.05) is 17.7 Å². The van der Waals surface area contributed by atoms with Gasteiger partial charge in [0, 0.05) is 16.7 Å². The summed E-state index contributed by atoms with van der Waals surface area (Å²) >= 11 is 6.01. The molecular weight excluding hydrogens is 317 g/mol. The summed E-state index contributed by atoms with van der Waals surface area (Å²) in [5.74, 6) is -0.214. The van der Waals surface area contributed by atoms with Crippen molar-refractivity contribution in [2.75, 3.05) is 5.32 Å². The molecule has 1 heterocycles. The van der Waals surface area contributed by atoms with Crippen molar-refractivity contribution >= 4 is 23.3 Å². The van der Waals surface area contributed by atoms with Gasteiger partial charge in [-0.25, -0.2) is 9.07 Å². The highest BCUT2D eigenvalue weighted by Crippen LogP contribution is 2.20. The van der Waals surface area contributed by atoms with E-state index < -0.39 is 0 Å². The second kappa shape index (κ2) is 6.22. The molecule has 3 aromatic rings. The molecule has 1 amide bonds. The maximum Gasteiger partial charge on any atom is 0.256 e. The van der Waals surface area contributed by atoms with Gasteiger partial charge in [0.15, 0.2) is 0 Å². The predicted octanol–water partition coefficient (Wildman–Crippen LogP) is 4.23. The lowest BCUT2D eigenvalue weighted by Gasteiger charge is -2.09. The fraction of sp³-hybridized carbons (Fsp3) is 0.0588. The number of carbonyl (C=O) groups excluding carboxylic acids is 1. The molecule has 23 heavy (non-hydrogen) atoms. The summed E-state index contributed by atoms with van der Waals surface area (Å²) in [6, 6.07) is 14.3. The maximum atomic E-state index is 12.9. The number of aryl methyl sites for hydroxylation is 1. The highest BCUT2D eigenvalue weighted by Gasteiger charge is 2.12. The zero-order chi connectivity index (χ0) is 16.4. The van der Waals surface area contributed by atoms with Crippen molar-refractivity contribution in [2.24, 2.45) is 0 Å². The molecular formula is C17H13ClFN3O. The van der Waals surface area contributed by atoms with Gasteiger partial charge in [-0.05, 0) is 49.4 Å². The van der Waals surface area contributed by atoms with Gasteiger partial charge >= 0.3 is 0 Å². The topological polar surface area (TPSA) is 46.9 Å². The number of anilines is 1. The molecule has 4 nitrogen and oxygen atoms in total. The molecule has 0 saturated heterocycles. The quantitative estimate of drug-likeness (QED) is 0.781. The van der Waals surface area contributed by atoms with E-state index in [1.54, 1.807) is 28.9 Å². The SMILES string of the molecule is Cc1cc(NC(=O)c2ccc(F)cc2)n(-c2cccc(Cl)c2)n1. The van der Waals surface area contributed by atoms with Crippen LogP contribution in [0, 0.1) is 12.7 Å². The van der Waals surface area contributed by atoms with E-state index in [1.807, 2.05) is 13.0 Å². The number of hydrogen-bond acceptors (Lipinski definition) is 2. The van der Waals surface area contributed by atoms with E-state index in [1.165, 1.54) is 24.3 Å². The highest BCUT2D eigenvalue weighted by molar-refractivity contribution is 6.30. The lowest BCUT2D eigenvalue weighted by Crippen LogP contribution is -2.15. The molecule has 0 aliphatic rings. The van der Waals surface area contributed by atoms with Crippen LogP contribution in [0.5, 0.6) is 0 Å². The molecule has 0 fully saturated rings. The Balaban J connectivity index is 1.91. The summed E-state index contributed by atoms with van der Waals surface area (Å²) in [5.41, 5.74) is 1.85. The Labute approximate surface area is 137 Å². The van der Waals surface area contributed by atoms with E-state index in [4.69, 9.17) is 11.6 Å². The van der Waals surface area contributed by atoms with Gasteiger partial charge in [-0.15, -0.1) is 0 Å². The van der Waals surface area contributed by atoms with Crippen LogP contribution in [0.1, 0.15) is 16.1 Å². The molecule has 1 aromatic heterocycles. The summed E-state index contributed by atoms with van der Waals surface area (Å²) < 4.78 is 14.5. The third kappa shape index (κ3) is 3.40. The van der Waals surface area contributed by atoms with Crippen LogP contribution in [0.2, 0.25) is 5.02 Å². The minimum absolute atomic E-state index is 0.340. The molecule has 1 N–H and O–H groups in total. The summed E-state index contributed by atoms with van der Waals surface area (Å²) in [6.45, 7) is 1.83. The van der Waals surface area contributed by atoms with Crippen molar-refractivity contribution in [3.05, 3.63) is 76.7 Å². The molecule has 116 valence electrons. The van der Waals surface area contributed by atoms with Gasteiger partial charge in [0.05, 0.1) is 11.4 Å². The number of rotatable bonds is 3. The van der Waals surface area contributed by atoms with Gasteiger partial charge in [-0.2, -0.15) is 5.10 Å². The molecule has 0 unspecified atom stereocenters. The van der Waals surface area contributed by atoms with Crippen molar-refractivity contribution < 1.29 is 9.18 Å². The summed E-state index contributed by atoms with van der Waals surface area (Å²) in [4.78, 5) is 12.3. The van der Waals surface area contributed by atoms with Crippen LogP contribution in [0.25, 0.3) is 5.69 Å². The molecule has 3 rings (SSSR count). The first-order valence-corrected chi connectivity index (χ1v) is 7.30. The van der Waals surface area contributed by atoms with E-state index in [9.17, 15) is 9.18 Å². The number of hydrogen-bond donors (Lipinski definition) is 1. The van der Waals surface area contributed by atoms with E-state index >= 15 is 0 Å². The number of halogens is 2. The number of nitrogens with zero attached hydrogens (tertiary/aromatic N) is 2. The smallest absolute Gasteiger partial charge is 0.256 e. The zero-order valence-corrected chi connectivity index (χ0v) is 13.0. The Hall–Kier alpha value is -2.66. The first-order valence-electron chi connectivity index (χ1n) is 6.92. The Kier molecular flexibility index (Phi) is 4.12. The van der Waals surface area contributed by atoms with Gasteiger partial charge in [0.2, 0.25) is 0 Å². The van der Waals surface area contributed by atoms with E-state index in [2.05, 4.69) is 10.4 Å². The van der Waals surface area contributed by atoms with Crippen molar-refractivity contribution in [3.63, 3.8) is 0 Å². The summed E-state index contributed by atoms with van der Waals surface area (Å²) in [5, 5.41) is 7.72. The molecule has 0 spiro atoms. The van der Waals surface area contributed by atoms with Crippen LogP contribution < -0.4 is 5.32 Å². The number of nitrogens with one attached hydrogen (secondary N) is 1. The minimum atomic E-state index is -0.388. The van der Waals surface area contributed by atoms with Crippen LogP contribution in [0.4, 0.5) is 10.2 Å². The molecule has 0 radical (unpaired) electrons. The maximum absolute atomic E-state index is 12.9. The standard InChI is InChI=1S/C17H13ClFN3O/c1-11-9-16(20-17(23)12-5-7-14(19)8-6-12)22(21-11)15-4-2-3-13(18)10-15/h2-10H,1H3,(H,20,23). The lowest BCUT2D eigenvalue weighted by atomic mass is 10.2. The summed E-state index contributed by atoms with van der Waals surface area (Å²) in [6.07, 6.45) is 0. The molecule has 6 heteroatoms. The normalized spacial score (nSPS) is 10.6. The molecule has 0 saturated carbocycles. The second-order valence-electron chi connectivity index (χ2n) is 5.02. The van der Waals surface area contributed by atoms with Crippen LogP contribution in [-0.4, -0.2) is 15.7 Å². The average Bonchev–Trinajstić information content (AvgIpc) is 2.88. The van der Waals surface area contributed by atoms with E-state index in [0.717, 1.165) is 11.4 Å². The Bertz CT molecular complexity index is 859. The van der Waals surface area contributed by atoms with Crippen molar-refractivity contribution in [2.45, 2.75) is 6.92 Å². The molecule has 0 aliphatic carbocycles. The number of carbonyl (C=O) groups is 1. The van der Waals surface area contributed by atoms with Gasteiger partial charge < -0.3 is 5.32 Å². The van der Waals surface area contributed by atoms with E-state index in [0.29, 0.717) is 16.4 Å². The van der Waals surface area contributed by atoms with Gasteiger partial charge in [-0.3, -0.25) is 4.79 Å². The minimum Gasteiger partial charge on any atom is -0.306 e. The molecule has 0 bridgehead atoms. The third-order valence-corrected chi connectivity index (χ3v) is 3.47. The fourth-order valence-electron chi connectivity index (χ4n) is 2.18. The van der Waals surface area contributed by atoms with Crippen LogP contribution in [0.15, 0.2) is 54.6 Å². The number of benzene rings is 2. The predicted molar refractivity (Wildman–Crippen MR) is 87.7 cm³/mol. The molecule has 2 aromatic carbocycles. The summed E-state index contributed by atoms with van der Waals surface area (Å²) in [7, 11) is 0. The monoisotopic (exact) mass is 329 g/mol. The lowest BCUT2D eigenvalue weighted by molar-refractivity contribution is 0.102. The average molecular weight is 330 g/mol. The first kappa shape index (κ1) is 15.2.